The van der Waals surface area contributed by atoms with Crippen LogP contribution in [0.15, 0.2) is 59.0 Å². The first-order valence-electron chi connectivity index (χ1n) is 6.55. The summed E-state index contributed by atoms with van der Waals surface area (Å²) in [7, 11) is 0. The third-order valence-electron chi connectivity index (χ3n) is 3.50. The van der Waals surface area contributed by atoms with Crippen LogP contribution in [0, 0.1) is 0 Å². The van der Waals surface area contributed by atoms with Crippen molar-refractivity contribution in [1.82, 2.24) is 4.98 Å². The first kappa shape index (κ1) is 12.2. The van der Waals surface area contributed by atoms with Gasteiger partial charge in [0, 0.05) is 11.6 Å². The quantitative estimate of drug-likeness (QED) is 0.509. The van der Waals surface area contributed by atoms with Crippen molar-refractivity contribution in [1.29, 1.82) is 0 Å². The number of anilines is 1. The second-order valence-electron chi connectivity index (χ2n) is 4.92. The fourth-order valence-electron chi connectivity index (χ4n) is 2.41. The van der Waals surface area contributed by atoms with E-state index < -0.39 is 0 Å². The molecular weight excluding hydrogens is 284 g/mol. The first-order chi connectivity index (χ1) is 10.2. The van der Waals surface area contributed by atoms with Gasteiger partial charge in [-0.1, -0.05) is 41.9 Å². The Labute approximate surface area is 126 Å². The Morgan fingerprint density at radius 3 is 2.62 bits per heavy atom. The number of rotatable bonds is 1. The Morgan fingerprint density at radius 2 is 1.76 bits per heavy atom. The van der Waals surface area contributed by atoms with Crippen LogP contribution in [0.1, 0.15) is 0 Å². The lowest BCUT2D eigenvalue weighted by Gasteiger charge is -1.99. The average Bonchev–Trinajstić information content (AvgIpc) is 2.90. The predicted octanol–water partition coefficient (Wildman–Crippen LogP) is 4.88. The van der Waals surface area contributed by atoms with Gasteiger partial charge in [0.05, 0.1) is 10.7 Å². The Bertz CT molecular complexity index is 936. The summed E-state index contributed by atoms with van der Waals surface area (Å²) in [5, 5.41) is 2.82. The van der Waals surface area contributed by atoms with Crippen molar-refractivity contribution in [2.75, 3.05) is 5.73 Å². The smallest absolute Gasteiger partial charge is 0.227 e. The summed E-state index contributed by atoms with van der Waals surface area (Å²) >= 11 is 6.01. The molecule has 0 saturated heterocycles. The van der Waals surface area contributed by atoms with E-state index in [0.717, 1.165) is 10.9 Å². The van der Waals surface area contributed by atoms with Gasteiger partial charge < -0.3 is 10.2 Å². The third-order valence-corrected chi connectivity index (χ3v) is 3.83. The number of oxazole rings is 1. The SMILES string of the molecule is Nc1cc2oc(-c3ccc4ccccc4c3)nc2cc1Cl. The van der Waals surface area contributed by atoms with E-state index in [4.69, 9.17) is 21.8 Å². The molecule has 3 aromatic carbocycles. The van der Waals surface area contributed by atoms with Crippen molar-refractivity contribution < 1.29 is 4.42 Å². The molecular formula is C17H11ClN2O. The van der Waals surface area contributed by atoms with E-state index in [1.54, 1.807) is 12.1 Å². The van der Waals surface area contributed by atoms with E-state index >= 15 is 0 Å². The minimum absolute atomic E-state index is 0.487. The third kappa shape index (κ3) is 2.03. The number of hydrogen-bond donors (Lipinski definition) is 1. The number of halogens is 1. The van der Waals surface area contributed by atoms with Crippen LogP contribution in [0.25, 0.3) is 33.3 Å². The fraction of sp³-hybridized carbons (Fsp3) is 0. The zero-order chi connectivity index (χ0) is 14.4. The lowest BCUT2D eigenvalue weighted by Crippen LogP contribution is -1.84. The van der Waals surface area contributed by atoms with Crippen molar-refractivity contribution in [3.05, 3.63) is 59.6 Å². The van der Waals surface area contributed by atoms with Gasteiger partial charge in [-0.3, -0.25) is 0 Å². The maximum atomic E-state index is 6.01. The molecule has 4 aromatic rings. The standard InChI is InChI=1S/C17H11ClN2O/c18-13-8-15-16(9-14(13)19)21-17(20-15)12-6-5-10-3-1-2-4-11(10)7-12/h1-9H,19H2. The van der Waals surface area contributed by atoms with E-state index in [-0.39, 0.29) is 0 Å². The molecule has 0 atom stereocenters. The van der Waals surface area contributed by atoms with E-state index in [1.165, 1.54) is 5.39 Å². The molecule has 4 heteroatoms. The Hall–Kier alpha value is -2.52. The minimum atomic E-state index is 0.487. The van der Waals surface area contributed by atoms with Crippen molar-refractivity contribution in [3.63, 3.8) is 0 Å². The van der Waals surface area contributed by atoms with Crippen LogP contribution in [0.3, 0.4) is 0 Å². The molecule has 102 valence electrons. The molecule has 1 aromatic heterocycles. The molecule has 0 radical (unpaired) electrons. The normalized spacial score (nSPS) is 11.3. The first-order valence-corrected chi connectivity index (χ1v) is 6.93. The van der Waals surface area contributed by atoms with Gasteiger partial charge in [0.1, 0.15) is 5.52 Å². The molecule has 0 unspecified atom stereocenters. The van der Waals surface area contributed by atoms with Gasteiger partial charge in [-0.25, -0.2) is 4.98 Å². The Kier molecular flexibility index (Phi) is 2.62. The number of nitrogens with zero attached hydrogens (tertiary/aromatic N) is 1. The molecule has 2 N–H and O–H groups in total. The maximum absolute atomic E-state index is 6.01. The molecule has 0 aliphatic carbocycles. The van der Waals surface area contributed by atoms with Gasteiger partial charge in [0.2, 0.25) is 5.89 Å². The molecule has 0 aliphatic rings. The summed E-state index contributed by atoms with van der Waals surface area (Å²) in [5.41, 5.74) is 8.55. The zero-order valence-corrected chi connectivity index (χ0v) is 11.8. The van der Waals surface area contributed by atoms with Gasteiger partial charge >= 0.3 is 0 Å². The van der Waals surface area contributed by atoms with E-state index in [1.807, 2.05) is 18.2 Å². The van der Waals surface area contributed by atoms with Crippen molar-refractivity contribution in [3.8, 4) is 11.5 Å². The highest BCUT2D eigenvalue weighted by molar-refractivity contribution is 6.33. The van der Waals surface area contributed by atoms with Crippen molar-refractivity contribution in [2.45, 2.75) is 0 Å². The topological polar surface area (TPSA) is 52.0 Å². The van der Waals surface area contributed by atoms with Gasteiger partial charge in [-0.2, -0.15) is 0 Å². The number of benzene rings is 3. The largest absolute Gasteiger partial charge is 0.436 e. The Morgan fingerprint density at radius 1 is 0.952 bits per heavy atom. The summed E-state index contributed by atoms with van der Waals surface area (Å²) in [5.74, 6) is 0.567. The highest BCUT2D eigenvalue weighted by atomic mass is 35.5. The monoisotopic (exact) mass is 294 g/mol. The van der Waals surface area contributed by atoms with E-state index in [2.05, 4.69) is 29.2 Å². The van der Waals surface area contributed by atoms with Crippen LogP contribution in [-0.4, -0.2) is 4.98 Å². The van der Waals surface area contributed by atoms with Gasteiger partial charge in [-0.05, 0) is 29.0 Å². The number of fused-ring (bicyclic) bond motifs is 2. The summed E-state index contributed by atoms with van der Waals surface area (Å²) < 4.78 is 5.79. The van der Waals surface area contributed by atoms with E-state index in [0.29, 0.717) is 27.7 Å². The summed E-state index contributed by atoms with van der Waals surface area (Å²) in [4.78, 5) is 4.49. The summed E-state index contributed by atoms with van der Waals surface area (Å²) in [6, 6.07) is 17.7. The number of nitrogens with two attached hydrogens (primary N) is 1. The average molecular weight is 295 g/mol. The van der Waals surface area contributed by atoms with Crippen LogP contribution < -0.4 is 5.73 Å². The summed E-state index contributed by atoms with van der Waals surface area (Å²) in [6.45, 7) is 0. The van der Waals surface area contributed by atoms with Gasteiger partial charge in [0.15, 0.2) is 5.58 Å². The van der Waals surface area contributed by atoms with Crippen LogP contribution in [0.5, 0.6) is 0 Å². The second kappa shape index (κ2) is 4.50. The summed E-state index contributed by atoms with van der Waals surface area (Å²) in [6.07, 6.45) is 0. The van der Waals surface area contributed by atoms with Crippen LogP contribution in [-0.2, 0) is 0 Å². The zero-order valence-electron chi connectivity index (χ0n) is 11.0. The molecule has 3 nitrogen and oxygen atoms in total. The molecule has 0 saturated carbocycles. The highest BCUT2D eigenvalue weighted by Crippen LogP contribution is 2.30. The minimum Gasteiger partial charge on any atom is -0.436 e. The van der Waals surface area contributed by atoms with Gasteiger partial charge in [0.25, 0.3) is 0 Å². The number of nitrogen functional groups attached to an aromatic ring is 1. The molecule has 0 bridgehead atoms. The molecule has 0 aliphatic heterocycles. The van der Waals surface area contributed by atoms with Crippen molar-refractivity contribution in [2.24, 2.45) is 0 Å². The second-order valence-corrected chi connectivity index (χ2v) is 5.33. The van der Waals surface area contributed by atoms with Crippen LogP contribution in [0.2, 0.25) is 5.02 Å². The van der Waals surface area contributed by atoms with Crippen LogP contribution in [0.4, 0.5) is 5.69 Å². The predicted molar refractivity (Wildman–Crippen MR) is 86.4 cm³/mol. The molecule has 4 rings (SSSR count). The highest BCUT2D eigenvalue weighted by Gasteiger charge is 2.10. The maximum Gasteiger partial charge on any atom is 0.227 e. The molecule has 21 heavy (non-hydrogen) atoms. The number of aromatic nitrogens is 1. The van der Waals surface area contributed by atoms with Crippen molar-refractivity contribution >= 4 is 39.2 Å². The van der Waals surface area contributed by atoms with Crippen LogP contribution >= 0.6 is 11.6 Å². The molecule has 1 heterocycles. The van der Waals surface area contributed by atoms with E-state index in [9.17, 15) is 0 Å². The molecule has 0 fully saturated rings. The lowest BCUT2D eigenvalue weighted by molar-refractivity contribution is 0.620. The fourth-order valence-corrected chi connectivity index (χ4v) is 2.57. The number of hydrogen-bond acceptors (Lipinski definition) is 3. The Balaban J connectivity index is 1.91. The lowest BCUT2D eigenvalue weighted by atomic mass is 10.1. The molecule has 0 amide bonds. The molecule has 0 spiro atoms. The van der Waals surface area contributed by atoms with Gasteiger partial charge in [-0.15, -0.1) is 0 Å².